The molecule has 1 N–H and O–H groups in total. The van der Waals surface area contributed by atoms with Crippen molar-refractivity contribution in [2.45, 2.75) is 25.3 Å². The summed E-state index contributed by atoms with van der Waals surface area (Å²) in [7, 11) is 1.59. The molecule has 0 aliphatic carbocycles. The van der Waals surface area contributed by atoms with Gasteiger partial charge in [-0.2, -0.15) is 0 Å². The van der Waals surface area contributed by atoms with E-state index >= 15 is 0 Å². The molecule has 0 aromatic heterocycles. The van der Waals surface area contributed by atoms with Gasteiger partial charge in [-0.25, -0.2) is 0 Å². The van der Waals surface area contributed by atoms with E-state index in [2.05, 4.69) is 28.2 Å². The highest BCUT2D eigenvalue weighted by molar-refractivity contribution is 9.10. The molecule has 0 atom stereocenters. The third-order valence-electron chi connectivity index (χ3n) is 3.43. The minimum atomic E-state index is -0.197. The number of halogens is 1. The third kappa shape index (κ3) is 3.48. The standard InChI is InChI=1S/C14H18BrNO3/c1-14(5-7-19-8-6-14)16-13(17)11-9-10(18-2)3-4-12(11)15/h3-4,9H,5-8H2,1-2H3,(H,16,17). The summed E-state index contributed by atoms with van der Waals surface area (Å²) < 4.78 is 11.3. The lowest BCUT2D eigenvalue weighted by molar-refractivity contribution is 0.0422. The highest BCUT2D eigenvalue weighted by Gasteiger charge is 2.29. The summed E-state index contributed by atoms with van der Waals surface area (Å²) in [6.45, 7) is 3.44. The largest absolute Gasteiger partial charge is 0.497 e. The zero-order chi connectivity index (χ0) is 13.9. The van der Waals surface area contributed by atoms with E-state index in [4.69, 9.17) is 9.47 Å². The molecule has 0 bridgehead atoms. The van der Waals surface area contributed by atoms with E-state index in [9.17, 15) is 4.79 Å². The number of ether oxygens (including phenoxy) is 2. The first kappa shape index (κ1) is 14.3. The van der Waals surface area contributed by atoms with Gasteiger partial charge in [-0.05, 0) is 53.9 Å². The van der Waals surface area contributed by atoms with E-state index in [0.29, 0.717) is 24.5 Å². The molecular formula is C14H18BrNO3. The maximum absolute atomic E-state index is 12.4. The molecule has 4 nitrogen and oxygen atoms in total. The number of nitrogens with one attached hydrogen (secondary N) is 1. The molecule has 0 spiro atoms. The molecule has 2 rings (SSSR count). The van der Waals surface area contributed by atoms with Crippen molar-refractivity contribution in [1.82, 2.24) is 5.32 Å². The van der Waals surface area contributed by atoms with Gasteiger partial charge in [0.2, 0.25) is 0 Å². The first-order valence-electron chi connectivity index (χ1n) is 6.28. The fraction of sp³-hybridized carbons (Fsp3) is 0.500. The van der Waals surface area contributed by atoms with Gasteiger partial charge in [0.1, 0.15) is 5.75 Å². The van der Waals surface area contributed by atoms with Crippen LogP contribution in [0.4, 0.5) is 0 Å². The van der Waals surface area contributed by atoms with Gasteiger partial charge in [0.05, 0.1) is 12.7 Å². The number of benzene rings is 1. The van der Waals surface area contributed by atoms with Crippen LogP contribution in [-0.2, 0) is 4.74 Å². The van der Waals surface area contributed by atoms with Crippen LogP contribution >= 0.6 is 15.9 Å². The number of carbonyl (C=O) groups excluding carboxylic acids is 1. The number of hydrogen-bond donors (Lipinski definition) is 1. The predicted molar refractivity (Wildman–Crippen MR) is 76.6 cm³/mol. The number of hydrogen-bond acceptors (Lipinski definition) is 3. The summed E-state index contributed by atoms with van der Waals surface area (Å²) in [5.74, 6) is 0.584. The molecule has 19 heavy (non-hydrogen) atoms. The smallest absolute Gasteiger partial charge is 0.252 e. The van der Waals surface area contributed by atoms with Crippen molar-refractivity contribution in [3.05, 3.63) is 28.2 Å². The number of carbonyl (C=O) groups is 1. The van der Waals surface area contributed by atoms with Crippen molar-refractivity contribution in [2.24, 2.45) is 0 Å². The monoisotopic (exact) mass is 327 g/mol. The Labute approximate surface area is 121 Å². The Morgan fingerprint density at radius 1 is 1.42 bits per heavy atom. The third-order valence-corrected chi connectivity index (χ3v) is 4.12. The Morgan fingerprint density at radius 3 is 2.74 bits per heavy atom. The maximum Gasteiger partial charge on any atom is 0.252 e. The molecule has 1 aromatic rings. The van der Waals surface area contributed by atoms with Crippen molar-refractivity contribution >= 4 is 21.8 Å². The van der Waals surface area contributed by atoms with Crippen LogP contribution in [-0.4, -0.2) is 31.8 Å². The number of rotatable bonds is 3. The second kappa shape index (κ2) is 5.92. The molecule has 1 aliphatic rings. The van der Waals surface area contributed by atoms with Crippen LogP contribution < -0.4 is 10.1 Å². The number of methoxy groups -OCH3 is 1. The van der Waals surface area contributed by atoms with Crippen LogP contribution in [0.15, 0.2) is 22.7 Å². The SMILES string of the molecule is COc1ccc(Br)c(C(=O)NC2(C)CCOCC2)c1. The average Bonchev–Trinajstić information content (AvgIpc) is 2.39. The normalized spacial score (nSPS) is 17.8. The lowest BCUT2D eigenvalue weighted by atomic mass is 9.92. The quantitative estimate of drug-likeness (QED) is 0.928. The molecule has 0 radical (unpaired) electrons. The highest BCUT2D eigenvalue weighted by Crippen LogP contribution is 2.25. The van der Waals surface area contributed by atoms with Gasteiger partial charge >= 0.3 is 0 Å². The summed E-state index contributed by atoms with van der Waals surface area (Å²) in [6, 6.07) is 5.37. The molecule has 0 unspecified atom stereocenters. The summed E-state index contributed by atoms with van der Waals surface area (Å²) in [6.07, 6.45) is 1.67. The van der Waals surface area contributed by atoms with Gasteiger partial charge in [-0.3, -0.25) is 4.79 Å². The van der Waals surface area contributed by atoms with Gasteiger partial charge < -0.3 is 14.8 Å². The maximum atomic E-state index is 12.4. The molecule has 1 amide bonds. The van der Waals surface area contributed by atoms with Crippen LogP contribution in [0, 0.1) is 0 Å². The van der Waals surface area contributed by atoms with Crippen molar-refractivity contribution < 1.29 is 14.3 Å². The molecule has 1 fully saturated rings. The van der Waals surface area contributed by atoms with E-state index in [1.54, 1.807) is 13.2 Å². The first-order valence-corrected chi connectivity index (χ1v) is 7.07. The fourth-order valence-electron chi connectivity index (χ4n) is 2.09. The molecule has 1 heterocycles. The molecule has 1 saturated heterocycles. The Kier molecular flexibility index (Phi) is 4.47. The molecule has 1 aliphatic heterocycles. The van der Waals surface area contributed by atoms with Crippen molar-refractivity contribution in [2.75, 3.05) is 20.3 Å². The van der Waals surface area contributed by atoms with E-state index in [1.807, 2.05) is 12.1 Å². The summed E-state index contributed by atoms with van der Waals surface area (Å²) in [5.41, 5.74) is 0.393. The summed E-state index contributed by atoms with van der Waals surface area (Å²) in [5, 5.41) is 3.10. The van der Waals surface area contributed by atoms with Crippen LogP contribution in [0.2, 0.25) is 0 Å². The second-order valence-electron chi connectivity index (χ2n) is 4.97. The minimum Gasteiger partial charge on any atom is -0.497 e. The zero-order valence-electron chi connectivity index (χ0n) is 11.2. The lowest BCUT2D eigenvalue weighted by Crippen LogP contribution is -2.49. The van der Waals surface area contributed by atoms with Gasteiger partial charge in [0.15, 0.2) is 0 Å². The first-order chi connectivity index (χ1) is 9.04. The Morgan fingerprint density at radius 2 is 2.11 bits per heavy atom. The van der Waals surface area contributed by atoms with E-state index in [1.165, 1.54) is 0 Å². The van der Waals surface area contributed by atoms with E-state index in [0.717, 1.165) is 17.3 Å². The van der Waals surface area contributed by atoms with Gasteiger partial charge in [0.25, 0.3) is 5.91 Å². The van der Waals surface area contributed by atoms with E-state index < -0.39 is 0 Å². The van der Waals surface area contributed by atoms with Gasteiger partial charge in [0, 0.05) is 23.2 Å². The van der Waals surface area contributed by atoms with Crippen LogP contribution in [0.3, 0.4) is 0 Å². The predicted octanol–water partition coefficient (Wildman–Crippen LogP) is 2.76. The molecule has 104 valence electrons. The van der Waals surface area contributed by atoms with Gasteiger partial charge in [-0.1, -0.05) is 0 Å². The minimum absolute atomic E-state index is 0.0878. The highest BCUT2D eigenvalue weighted by atomic mass is 79.9. The fourth-order valence-corrected chi connectivity index (χ4v) is 2.52. The van der Waals surface area contributed by atoms with Gasteiger partial charge in [-0.15, -0.1) is 0 Å². The molecule has 1 aromatic carbocycles. The Bertz CT molecular complexity index is 470. The summed E-state index contributed by atoms with van der Waals surface area (Å²) >= 11 is 3.40. The molecule has 0 saturated carbocycles. The molecular weight excluding hydrogens is 310 g/mol. The second-order valence-corrected chi connectivity index (χ2v) is 5.83. The topological polar surface area (TPSA) is 47.6 Å². The van der Waals surface area contributed by atoms with E-state index in [-0.39, 0.29) is 11.4 Å². The Hall–Kier alpha value is -1.07. The lowest BCUT2D eigenvalue weighted by Gasteiger charge is -2.34. The average molecular weight is 328 g/mol. The molecule has 5 heteroatoms. The van der Waals surface area contributed by atoms with Crippen LogP contribution in [0.1, 0.15) is 30.1 Å². The zero-order valence-corrected chi connectivity index (χ0v) is 12.7. The van der Waals surface area contributed by atoms with Crippen molar-refractivity contribution in [3.63, 3.8) is 0 Å². The Balaban J connectivity index is 2.15. The van der Waals surface area contributed by atoms with Crippen molar-refractivity contribution in [3.8, 4) is 5.75 Å². The summed E-state index contributed by atoms with van der Waals surface area (Å²) in [4.78, 5) is 12.4. The van der Waals surface area contributed by atoms with Crippen LogP contribution in [0.25, 0.3) is 0 Å². The van der Waals surface area contributed by atoms with Crippen molar-refractivity contribution in [1.29, 1.82) is 0 Å². The number of amides is 1. The van der Waals surface area contributed by atoms with Crippen LogP contribution in [0.5, 0.6) is 5.75 Å².